The average Bonchev–Trinajstić information content (AvgIpc) is 2.99. The lowest BCUT2D eigenvalue weighted by atomic mass is 10.1. The molecule has 1 aromatic rings. The first kappa shape index (κ1) is 14.9. The minimum absolute atomic E-state index is 0.0126. The van der Waals surface area contributed by atoms with Crippen molar-refractivity contribution < 1.29 is 4.79 Å². The van der Waals surface area contributed by atoms with E-state index in [-0.39, 0.29) is 24.2 Å². The topological polar surface area (TPSA) is 32.3 Å². The van der Waals surface area contributed by atoms with Crippen LogP contribution >= 0.6 is 23.1 Å². The number of thiophene rings is 1. The van der Waals surface area contributed by atoms with Crippen molar-refractivity contribution in [2.75, 3.05) is 12.0 Å². The molecule has 0 aliphatic carbocycles. The van der Waals surface area contributed by atoms with Gasteiger partial charge in [0, 0.05) is 16.7 Å². The third-order valence-corrected chi connectivity index (χ3v) is 5.20. The maximum Gasteiger partial charge on any atom is 0.241 e. The highest BCUT2D eigenvalue weighted by molar-refractivity contribution is 7.98. The highest BCUT2D eigenvalue weighted by Crippen LogP contribution is 2.32. The lowest BCUT2D eigenvalue weighted by Gasteiger charge is -2.29. The van der Waals surface area contributed by atoms with Crippen LogP contribution in [-0.2, 0) is 4.79 Å². The van der Waals surface area contributed by atoms with E-state index in [2.05, 4.69) is 42.9 Å². The molecular weight excluding hydrogens is 276 g/mol. The Morgan fingerprint density at radius 3 is 2.95 bits per heavy atom. The van der Waals surface area contributed by atoms with Crippen LogP contribution in [0.15, 0.2) is 17.5 Å². The quantitative estimate of drug-likeness (QED) is 0.876. The van der Waals surface area contributed by atoms with E-state index in [0.717, 1.165) is 18.6 Å². The summed E-state index contributed by atoms with van der Waals surface area (Å²) in [4.78, 5) is 15.9. The molecule has 0 spiro atoms. The number of rotatable bonds is 6. The molecule has 0 bridgehead atoms. The molecule has 3 atom stereocenters. The molecule has 1 aliphatic heterocycles. The third kappa shape index (κ3) is 3.15. The van der Waals surface area contributed by atoms with E-state index in [1.807, 2.05) is 4.90 Å². The van der Waals surface area contributed by atoms with Gasteiger partial charge in [-0.05, 0) is 31.0 Å². The second kappa shape index (κ2) is 6.77. The van der Waals surface area contributed by atoms with Crippen molar-refractivity contribution in [3.8, 4) is 0 Å². The van der Waals surface area contributed by atoms with Gasteiger partial charge in [-0.1, -0.05) is 19.4 Å². The van der Waals surface area contributed by atoms with Crippen LogP contribution in [0.4, 0.5) is 0 Å². The standard InChI is InChI=1S/C14H22N2OS2/c1-4-6-11-14(17)16(10(2)9-18-3)13(15-11)12-7-5-8-19-12/h5,7-8,10-11,13,15H,4,6,9H2,1-3H3. The summed E-state index contributed by atoms with van der Waals surface area (Å²) in [5, 5.41) is 5.59. The van der Waals surface area contributed by atoms with Crippen molar-refractivity contribution in [2.45, 2.75) is 44.9 Å². The number of hydrogen-bond donors (Lipinski definition) is 1. The van der Waals surface area contributed by atoms with E-state index in [4.69, 9.17) is 0 Å². The first-order chi connectivity index (χ1) is 9.19. The third-order valence-electron chi connectivity index (χ3n) is 3.46. The molecule has 19 heavy (non-hydrogen) atoms. The molecule has 5 heteroatoms. The van der Waals surface area contributed by atoms with Crippen molar-refractivity contribution in [1.29, 1.82) is 0 Å². The van der Waals surface area contributed by atoms with Crippen LogP contribution < -0.4 is 5.32 Å². The molecule has 0 saturated carbocycles. The van der Waals surface area contributed by atoms with Gasteiger partial charge in [-0.25, -0.2) is 0 Å². The molecule has 2 rings (SSSR count). The van der Waals surface area contributed by atoms with Crippen LogP contribution in [0.1, 0.15) is 37.7 Å². The molecule has 2 heterocycles. The van der Waals surface area contributed by atoms with Crippen molar-refractivity contribution >= 4 is 29.0 Å². The highest BCUT2D eigenvalue weighted by atomic mass is 32.2. The minimum atomic E-state index is -0.0126. The molecule has 3 nitrogen and oxygen atoms in total. The smallest absolute Gasteiger partial charge is 0.241 e. The fourth-order valence-corrected chi connectivity index (χ4v) is 4.03. The number of amides is 1. The molecule has 0 radical (unpaired) electrons. The summed E-state index contributed by atoms with van der Waals surface area (Å²) in [7, 11) is 0. The molecule has 0 aromatic carbocycles. The largest absolute Gasteiger partial charge is 0.317 e. The Morgan fingerprint density at radius 2 is 2.37 bits per heavy atom. The summed E-state index contributed by atoms with van der Waals surface area (Å²) in [6, 6.07) is 4.42. The predicted molar refractivity (Wildman–Crippen MR) is 83.6 cm³/mol. The Bertz CT molecular complexity index is 408. The number of carbonyl (C=O) groups is 1. The van der Waals surface area contributed by atoms with Gasteiger partial charge in [0.1, 0.15) is 6.17 Å². The maximum absolute atomic E-state index is 12.6. The van der Waals surface area contributed by atoms with E-state index >= 15 is 0 Å². The number of nitrogens with one attached hydrogen (secondary N) is 1. The highest BCUT2D eigenvalue weighted by Gasteiger charge is 2.41. The first-order valence-corrected chi connectivity index (χ1v) is 9.07. The molecular formula is C14H22N2OS2. The van der Waals surface area contributed by atoms with Crippen molar-refractivity contribution in [3.05, 3.63) is 22.4 Å². The summed E-state index contributed by atoms with van der Waals surface area (Å²) in [5.41, 5.74) is 0. The summed E-state index contributed by atoms with van der Waals surface area (Å²) in [5.74, 6) is 1.25. The van der Waals surface area contributed by atoms with Crippen molar-refractivity contribution in [2.24, 2.45) is 0 Å². The Balaban J connectivity index is 2.21. The Labute approximate surface area is 123 Å². The molecule has 1 saturated heterocycles. The molecule has 1 aliphatic rings. The fourth-order valence-electron chi connectivity index (χ4n) is 2.60. The Morgan fingerprint density at radius 1 is 1.58 bits per heavy atom. The van der Waals surface area contributed by atoms with Gasteiger partial charge in [-0.2, -0.15) is 11.8 Å². The summed E-state index contributed by atoms with van der Waals surface area (Å²) in [6.45, 7) is 4.27. The van der Waals surface area contributed by atoms with E-state index in [0.29, 0.717) is 0 Å². The Hall–Kier alpha value is -0.520. The Kier molecular flexibility index (Phi) is 5.30. The van der Waals surface area contributed by atoms with Crippen LogP contribution in [0.25, 0.3) is 0 Å². The normalized spacial score (nSPS) is 25.0. The van der Waals surface area contributed by atoms with E-state index in [1.165, 1.54) is 4.88 Å². The van der Waals surface area contributed by atoms with E-state index in [1.54, 1.807) is 23.1 Å². The molecule has 1 N–H and O–H groups in total. The van der Waals surface area contributed by atoms with Gasteiger partial charge in [-0.3, -0.25) is 10.1 Å². The lowest BCUT2D eigenvalue weighted by Crippen LogP contribution is -2.39. The van der Waals surface area contributed by atoms with Crippen LogP contribution in [0, 0.1) is 0 Å². The SMILES string of the molecule is CCCC1NC(c2cccs2)N(C(C)CSC)C1=O. The van der Waals surface area contributed by atoms with Crippen LogP contribution in [0.5, 0.6) is 0 Å². The van der Waals surface area contributed by atoms with Crippen LogP contribution in [0.2, 0.25) is 0 Å². The first-order valence-electron chi connectivity index (χ1n) is 6.79. The van der Waals surface area contributed by atoms with Gasteiger partial charge in [-0.15, -0.1) is 11.3 Å². The molecule has 1 fully saturated rings. The number of hydrogen-bond acceptors (Lipinski definition) is 4. The van der Waals surface area contributed by atoms with Crippen molar-refractivity contribution in [1.82, 2.24) is 10.2 Å². The maximum atomic E-state index is 12.6. The summed E-state index contributed by atoms with van der Waals surface area (Å²) in [6.07, 6.45) is 4.11. The van der Waals surface area contributed by atoms with E-state index < -0.39 is 0 Å². The molecule has 1 aromatic heterocycles. The van der Waals surface area contributed by atoms with Crippen LogP contribution in [-0.4, -0.2) is 34.9 Å². The van der Waals surface area contributed by atoms with Gasteiger partial charge in [0.2, 0.25) is 5.91 Å². The van der Waals surface area contributed by atoms with Gasteiger partial charge < -0.3 is 4.90 Å². The lowest BCUT2D eigenvalue weighted by molar-refractivity contribution is -0.131. The minimum Gasteiger partial charge on any atom is -0.317 e. The summed E-state index contributed by atoms with van der Waals surface area (Å²) < 4.78 is 0. The zero-order chi connectivity index (χ0) is 13.8. The number of nitrogens with zero attached hydrogens (tertiary/aromatic N) is 1. The van der Waals surface area contributed by atoms with Crippen LogP contribution in [0.3, 0.4) is 0 Å². The monoisotopic (exact) mass is 298 g/mol. The number of thioether (sulfide) groups is 1. The average molecular weight is 298 g/mol. The van der Waals surface area contributed by atoms with Gasteiger partial charge in [0.15, 0.2) is 0 Å². The van der Waals surface area contributed by atoms with Gasteiger partial charge >= 0.3 is 0 Å². The zero-order valence-corrected chi connectivity index (χ0v) is 13.4. The second-order valence-electron chi connectivity index (χ2n) is 4.98. The second-order valence-corrected chi connectivity index (χ2v) is 6.87. The zero-order valence-electron chi connectivity index (χ0n) is 11.8. The predicted octanol–water partition coefficient (Wildman–Crippen LogP) is 3.10. The summed E-state index contributed by atoms with van der Waals surface area (Å²) >= 11 is 3.51. The van der Waals surface area contributed by atoms with Gasteiger partial charge in [0.05, 0.1) is 6.04 Å². The van der Waals surface area contributed by atoms with E-state index in [9.17, 15) is 4.79 Å². The molecule has 3 unspecified atom stereocenters. The van der Waals surface area contributed by atoms with Crippen molar-refractivity contribution in [3.63, 3.8) is 0 Å². The molecule has 106 valence electrons. The van der Waals surface area contributed by atoms with Gasteiger partial charge in [0.25, 0.3) is 0 Å². The molecule has 1 amide bonds. The number of carbonyl (C=O) groups excluding carboxylic acids is 1. The fraction of sp³-hybridized carbons (Fsp3) is 0.643.